The molecule has 0 spiro atoms. The molecule has 3 heterocycles. The number of amides is 2. The van der Waals surface area contributed by atoms with E-state index in [2.05, 4.69) is 32.6 Å². The van der Waals surface area contributed by atoms with Crippen molar-refractivity contribution in [2.24, 2.45) is 0 Å². The number of carbonyl (C=O) groups is 1. The molecule has 1 aliphatic carbocycles. The van der Waals surface area contributed by atoms with E-state index in [1.165, 1.54) is 13.3 Å². The Morgan fingerprint density at radius 2 is 2.00 bits per heavy atom. The molecule has 0 aliphatic heterocycles. The van der Waals surface area contributed by atoms with E-state index >= 15 is 0 Å². The fourth-order valence-corrected chi connectivity index (χ4v) is 3.35. The maximum absolute atomic E-state index is 12.5. The number of halogens is 2. The zero-order valence-corrected chi connectivity index (χ0v) is 16.1. The average Bonchev–Trinajstić information content (AvgIpc) is 3.23. The lowest BCUT2D eigenvalue weighted by Gasteiger charge is -2.17. The predicted molar refractivity (Wildman–Crippen MR) is 103 cm³/mol. The van der Waals surface area contributed by atoms with Crippen molar-refractivity contribution in [3.05, 3.63) is 40.4 Å². The van der Waals surface area contributed by atoms with Gasteiger partial charge in [0.1, 0.15) is 5.02 Å². The van der Waals surface area contributed by atoms with E-state index < -0.39 is 6.03 Å². The van der Waals surface area contributed by atoms with E-state index in [0.717, 1.165) is 18.5 Å². The summed E-state index contributed by atoms with van der Waals surface area (Å²) in [5.41, 5.74) is 2.45. The lowest BCUT2D eigenvalue weighted by atomic mass is 10.0. The smallest absolute Gasteiger partial charge is 0.323 e. The summed E-state index contributed by atoms with van der Waals surface area (Å²) >= 11 is 12.1. The number of nitrogens with one attached hydrogen (secondary N) is 2. The fourth-order valence-electron chi connectivity index (χ4n) is 2.93. The fraction of sp³-hybridized carbons (Fsp3) is 0.294. The van der Waals surface area contributed by atoms with Crippen molar-refractivity contribution >= 4 is 46.3 Å². The van der Waals surface area contributed by atoms with Gasteiger partial charge in [-0.25, -0.2) is 19.3 Å². The Kier molecular flexibility index (Phi) is 4.32. The number of anilines is 2. The Hall–Kier alpha value is -2.58. The molecular weight excluding hydrogens is 391 g/mol. The molecule has 1 saturated carbocycles. The van der Waals surface area contributed by atoms with Crippen molar-refractivity contribution in [3.8, 4) is 5.88 Å². The average molecular weight is 407 g/mol. The number of urea groups is 1. The number of nitrogens with zero attached hydrogens (tertiary/aromatic N) is 4. The van der Waals surface area contributed by atoms with Gasteiger partial charge in [0.05, 0.1) is 36.6 Å². The van der Waals surface area contributed by atoms with Crippen LogP contribution in [0.15, 0.2) is 24.5 Å². The van der Waals surface area contributed by atoms with Gasteiger partial charge < -0.3 is 15.4 Å². The molecule has 10 heteroatoms. The highest BCUT2D eigenvalue weighted by Gasteiger charge is 2.43. The highest BCUT2D eigenvalue weighted by molar-refractivity contribution is 6.32. The van der Waals surface area contributed by atoms with Crippen LogP contribution in [-0.2, 0) is 5.41 Å². The molecule has 2 amide bonds. The van der Waals surface area contributed by atoms with Gasteiger partial charge in [-0.2, -0.15) is 5.10 Å². The number of fused-ring (bicyclic) bond motifs is 1. The second-order valence-electron chi connectivity index (χ2n) is 6.61. The second-order valence-corrected chi connectivity index (χ2v) is 7.41. The maximum atomic E-state index is 12.5. The third kappa shape index (κ3) is 3.38. The van der Waals surface area contributed by atoms with Crippen molar-refractivity contribution in [3.63, 3.8) is 0 Å². The number of hydrogen-bond acceptors (Lipinski definition) is 5. The summed E-state index contributed by atoms with van der Waals surface area (Å²) in [5.74, 6) is 0.289. The van der Waals surface area contributed by atoms with Crippen LogP contribution in [-0.4, -0.2) is 32.7 Å². The minimum absolute atomic E-state index is 0.0792. The molecule has 0 aromatic carbocycles. The van der Waals surface area contributed by atoms with Crippen LogP contribution >= 0.6 is 23.2 Å². The maximum Gasteiger partial charge on any atom is 0.323 e. The standard InChI is InChI=1S/C17H16Cl2N6O2/c1-17(3-4-17)14-11(8-20-13-6-12(19)24-25(13)14)23-16(26)22-9-5-10(18)15(27-2)21-7-9/h5-8H,3-4H2,1-2H3,(H2,22,23,26). The van der Waals surface area contributed by atoms with Gasteiger partial charge in [0.15, 0.2) is 10.8 Å². The van der Waals surface area contributed by atoms with E-state index in [1.807, 2.05) is 0 Å². The summed E-state index contributed by atoms with van der Waals surface area (Å²) in [6, 6.07) is 2.80. The molecule has 4 rings (SSSR count). The number of pyridine rings is 1. The normalized spacial score (nSPS) is 14.8. The molecule has 2 N–H and O–H groups in total. The van der Waals surface area contributed by atoms with Crippen molar-refractivity contribution in [2.45, 2.75) is 25.2 Å². The summed E-state index contributed by atoms with van der Waals surface area (Å²) in [5, 5.41) is 10.5. The second kappa shape index (κ2) is 6.54. The van der Waals surface area contributed by atoms with Gasteiger partial charge in [0, 0.05) is 11.5 Å². The molecule has 1 fully saturated rings. The van der Waals surface area contributed by atoms with E-state index in [1.54, 1.807) is 22.8 Å². The molecule has 0 radical (unpaired) electrons. The summed E-state index contributed by atoms with van der Waals surface area (Å²) in [4.78, 5) is 20.8. The first kappa shape index (κ1) is 17.8. The molecule has 8 nitrogen and oxygen atoms in total. The minimum atomic E-state index is -0.442. The Morgan fingerprint density at radius 1 is 1.22 bits per heavy atom. The van der Waals surface area contributed by atoms with Gasteiger partial charge in [0.2, 0.25) is 5.88 Å². The van der Waals surface area contributed by atoms with Crippen LogP contribution in [0.2, 0.25) is 10.2 Å². The summed E-state index contributed by atoms with van der Waals surface area (Å²) in [6.45, 7) is 2.12. The van der Waals surface area contributed by atoms with Gasteiger partial charge >= 0.3 is 6.03 Å². The third-order valence-corrected chi connectivity index (χ3v) is 4.99. The molecule has 0 atom stereocenters. The molecule has 1 aliphatic rings. The Bertz CT molecular complexity index is 1050. The first-order valence-corrected chi connectivity index (χ1v) is 8.97. The molecule has 140 valence electrons. The van der Waals surface area contributed by atoms with Crippen molar-refractivity contribution in [1.29, 1.82) is 0 Å². The molecule has 3 aromatic rings. The van der Waals surface area contributed by atoms with Crippen molar-refractivity contribution < 1.29 is 9.53 Å². The van der Waals surface area contributed by atoms with Crippen LogP contribution in [0.1, 0.15) is 25.5 Å². The SMILES string of the molecule is COc1ncc(NC(=O)Nc2cnc3cc(Cl)nn3c2C2(C)CC2)cc1Cl. The highest BCUT2D eigenvalue weighted by Crippen LogP contribution is 2.50. The highest BCUT2D eigenvalue weighted by atomic mass is 35.5. The molecule has 0 saturated heterocycles. The Balaban J connectivity index is 1.61. The number of methoxy groups -OCH3 is 1. The van der Waals surface area contributed by atoms with Gasteiger partial charge in [-0.05, 0) is 18.9 Å². The van der Waals surface area contributed by atoms with Crippen LogP contribution in [0.4, 0.5) is 16.2 Å². The molecule has 0 bridgehead atoms. The zero-order chi connectivity index (χ0) is 19.2. The number of rotatable bonds is 4. The van der Waals surface area contributed by atoms with E-state index in [9.17, 15) is 4.79 Å². The molecule has 3 aromatic heterocycles. The number of aromatic nitrogens is 4. The Morgan fingerprint density at radius 3 is 2.67 bits per heavy atom. The summed E-state index contributed by atoms with van der Waals surface area (Å²) in [7, 11) is 1.47. The van der Waals surface area contributed by atoms with Crippen LogP contribution in [0.25, 0.3) is 5.65 Å². The Labute approximate surface area is 164 Å². The monoisotopic (exact) mass is 406 g/mol. The van der Waals surface area contributed by atoms with Gasteiger partial charge in [0.25, 0.3) is 0 Å². The zero-order valence-electron chi connectivity index (χ0n) is 14.6. The first-order valence-electron chi connectivity index (χ1n) is 8.22. The lowest BCUT2D eigenvalue weighted by Crippen LogP contribution is -2.23. The lowest BCUT2D eigenvalue weighted by molar-refractivity contribution is 0.262. The largest absolute Gasteiger partial charge is 0.480 e. The van der Waals surface area contributed by atoms with Crippen LogP contribution in [0.5, 0.6) is 5.88 Å². The summed E-state index contributed by atoms with van der Waals surface area (Å²) in [6.07, 6.45) is 5.07. The van der Waals surface area contributed by atoms with E-state index in [0.29, 0.717) is 27.2 Å². The number of hydrogen-bond donors (Lipinski definition) is 2. The van der Waals surface area contributed by atoms with Crippen molar-refractivity contribution in [2.75, 3.05) is 17.7 Å². The predicted octanol–water partition coefficient (Wildman–Crippen LogP) is 4.14. The molecule has 27 heavy (non-hydrogen) atoms. The van der Waals surface area contributed by atoms with Gasteiger partial charge in [-0.15, -0.1) is 0 Å². The first-order chi connectivity index (χ1) is 12.9. The summed E-state index contributed by atoms with van der Waals surface area (Å²) < 4.78 is 6.69. The molecule has 0 unspecified atom stereocenters. The number of carbonyl (C=O) groups excluding carboxylic acids is 1. The quantitative estimate of drug-likeness (QED) is 0.678. The number of ether oxygens (including phenoxy) is 1. The third-order valence-electron chi connectivity index (χ3n) is 4.53. The van der Waals surface area contributed by atoms with Crippen LogP contribution in [0, 0.1) is 0 Å². The van der Waals surface area contributed by atoms with Crippen LogP contribution < -0.4 is 15.4 Å². The van der Waals surface area contributed by atoms with Crippen molar-refractivity contribution in [1.82, 2.24) is 19.6 Å². The minimum Gasteiger partial charge on any atom is -0.480 e. The van der Waals surface area contributed by atoms with E-state index in [4.69, 9.17) is 27.9 Å². The topological polar surface area (TPSA) is 93.4 Å². The molecular formula is C17H16Cl2N6O2. The van der Waals surface area contributed by atoms with Gasteiger partial charge in [-0.1, -0.05) is 30.1 Å². The van der Waals surface area contributed by atoms with E-state index in [-0.39, 0.29) is 11.3 Å². The van der Waals surface area contributed by atoms with Gasteiger partial charge in [-0.3, -0.25) is 0 Å². The van der Waals surface area contributed by atoms with Crippen LogP contribution in [0.3, 0.4) is 0 Å².